The molecule has 0 saturated carbocycles. The third kappa shape index (κ3) is 2.56. The average molecular weight is 229 g/mol. The zero-order chi connectivity index (χ0) is 10.1. The first-order chi connectivity index (χ1) is 5.93. The van der Waals surface area contributed by atoms with E-state index in [1.54, 1.807) is 0 Å². The Kier molecular flexibility index (Phi) is 3.81. The SMILES string of the molecule is Cl.O=C(O)c1cncnc1C(F)(F)F. The predicted octanol–water partition coefficient (Wildman–Crippen LogP) is 1.62. The van der Waals surface area contributed by atoms with E-state index >= 15 is 0 Å². The van der Waals surface area contributed by atoms with Crippen molar-refractivity contribution in [3.63, 3.8) is 0 Å². The number of hydrogen-bond acceptors (Lipinski definition) is 3. The van der Waals surface area contributed by atoms with Crippen molar-refractivity contribution in [2.45, 2.75) is 6.18 Å². The summed E-state index contributed by atoms with van der Waals surface area (Å²) in [6.45, 7) is 0. The highest BCUT2D eigenvalue weighted by molar-refractivity contribution is 5.88. The molecular formula is C6H4ClF3N2O2. The third-order valence-electron chi connectivity index (χ3n) is 1.21. The second-order valence-electron chi connectivity index (χ2n) is 2.09. The van der Waals surface area contributed by atoms with Gasteiger partial charge >= 0.3 is 12.1 Å². The van der Waals surface area contributed by atoms with E-state index in [1.807, 2.05) is 0 Å². The third-order valence-corrected chi connectivity index (χ3v) is 1.21. The van der Waals surface area contributed by atoms with Crippen molar-refractivity contribution in [3.05, 3.63) is 23.8 Å². The molecule has 4 nitrogen and oxygen atoms in total. The van der Waals surface area contributed by atoms with Crippen LogP contribution in [0.2, 0.25) is 0 Å². The molecule has 8 heteroatoms. The van der Waals surface area contributed by atoms with Gasteiger partial charge in [-0.2, -0.15) is 13.2 Å². The largest absolute Gasteiger partial charge is 0.478 e. The minimum absolute atomic E-state index is 0. The van der Waals surface area contributed by atoms with Crippen molar-refractivity contribution < 1.29 is 23.1 Å². The molecule has 78 valence electrons. The van der Waals surface area contributed by atoms with E-state index in [2.05, 4.69) is 9.97 Å². The van der Waals surface area contributed by atoms with Gasteiger partial charge in [-0.15, -0.1) is 12.4 Å². The molecule has 1 rings (SSSR count). The molecule has 0 fully saturated rings. The number of nitrogens with zero attached hydrogens (tertiary/aromatic N) is 2. The van der Waals surface area contributed by atoms with Crippen LogP contribution in [-0.2, 0) is 6.18 Å². The Hall–Kier alpha value is -1.37. The number of carboxylic acid groups (broad SMARTS) is 1. The topological polar surface area (TPSA) is 63.1 Å². The second kappa shape index (κ2) is 4.23. The summed E-state index contributed by atoms with van der Waals surface area (Å²) in [6, 6.07) is 0. The van der Waals surface area contributed by atoms with E-state index in [0.717, 1.165) is 0 Å². The number of carboxylic acids is 1. The molecule has 1 N–H and O–H groups in total. The van der Waals surface area contributed by atoms with E-state index in [4.69, 9.17) is 5.11 Å². The Morgan fingerprint density at radius 2 is 2.00 bits per heavy atom. The highest BCUT2D eigenvalue weighted by Crippen LogP contribution is 2.29. The van der Waals surface area contributed by atoms with E-state index in [0.29, 0.717) is 12.5 Å². The number of halogens is 4. The molecule has 0 aliphatic rings. The Morgan fingerprint density at radius 1 is 1.43 bits per heavy atom. The molecule has 0 spiro atoms. The number of alkyl halides is 3. The molecule has 0 radical (unpaired) electrons. The smallest absolute Gasteiger partial charge is 0.434 e. The van der Waals surface area contributed by atoms with E-state index in [9.17, 15) is 18.0 Å². The summed E-state index contributed by atoms with van der Waals surface area (Å²) in [4.78, 5) is 16.3. The molecule has 0 unspecified atom stereocenters. The molecule has 0 aliphatic carbocycles. The molecule has 1 aromatic heterocycles. The van der Waals surface area contributed by atoms with Gasteiger partial charge in [0.1, 0.15) is 11.9 Å². The Labute approximate surface area is 82.2 Å². The fraction of sp³-hybridized carbons (Fsp3) is 0.167. The van der Waals surface area contributed by atoms with Crippen molar-refractivity contribution in [1.29, 1.82) is 0 Å². The lowest BCUT2D eigenvalue weighted by Crippen LogP contribution is -2.15. The fourth-order valence-corrected chi connectivity index (χ4v) is 0.712. The Bertz CT molecular complexity index is 342. The average Bonchev–Trinajstić information content (AvgIpc) is 2.03. The van der Waals surface area contributed by atoms with E-state index in [1.165, 1.54) is 0 Å². The van der Waals surface area contributed by atoms with Crippen LogP contribution < -0.4 is 0 Å². The van der Waals surface area contributed by atoms with Gasteiger partial charge in [0.15, 0.2) is 5.69 Å². The molecule has 0 saturated heterocycles. The first-order valence-corrected chi connectivity index (χ1v) is 3.03. The standard InChI is InChI=1S/C6H3F3N2O2.ClH/c7-6(8,9)4-3(5(12)13)1-10-2-11-4;/h1-2H,(H,12,13);1H. The molecule has 14 heavy (non-hydrogen) atoms. The number of carbonyl (C=O) groups is 1. The summed E-state index contributed by atoms with van der Waals surface area (Å²) in [7, 11) is 0. The van der Waals surface area contributed by atoms with E-state index in [-0.39, 0.29) is 12.4 Å². The summed E-state index contributed by atoms with van der Waals surface area (Å²) in [5.41, 5.74) is -2.38. The molecule has 0 amide bonds. The summed E-state index contributed by atoms with van der Waals surface area (Å²) in [5.74, 6) is -1.70. The molecule has 1 aromatic rings. The van der Waals surface area contributed by atoms with E-state index < -0.39 is 23.4 Å². The lowest BCUT2D eigenvalue weighted by molar-refractivity contribution is -0.141. The lowest BCUT2D eigenvalue weighted by atomic mass is 10.2. The Balaban J connectivity index is 0.00000169. The van der Waals surface area contributed by atoms with Crippen LogP contribution >= 0.6 is 12.4 Å². The molecule has 0 atom stereocenters. The van der Waals surface area contributed by atoms with Crippen LogP contribution in [0.4, 0.5) is 13.2 Å². The maximum Gasteiger partial charge on any atom is 0.434 e. The van der Waals surface area contributed by atoms with Gasteiger partial charge < -0.3 is 5.11 Å². The number of aromatic carboxylic acids is 1. The first-order valence-electron chi connectivity index (χ1n) is 3.03. The molecule has 0 aliphatic heterocycles. The van der Waals surface area contributed by atoms with Gasteiger partial charge in [-0.25, -0.2) is 14.8 Å². The summed E-state index contributed by atoms with van der Waals surface area (Å²) < 4.78 is 36.2. The fourth-order valence-electron chi connectivity index (χ4n) is 0.712. The molecular weight excluding hydrogens is 225 g/mol. The van der Waals surface area contributed by atoms with Crippen LogP contribution in [0.25, 0.3) is 0 Å². The number of hydrogen-bond donors (Lipinski definition) is 1. The second-order valence-corrected chi connectivity index (χ2v) is 2.09. The van der Waals surface area contributed by atoms with Crippen LogP contribution in [0.3, 0.4) is 0 Å². The van der Waals surface area contributed by atoms with Crippen molar-refractivity contribution in [2.75, 3.05) is 0 Å². The van der Waals surface area contributed by atoms with Crippen molar-refractivity contribution >= 4 is 18.4 Å². The maximum absolute atomic E-state index is 12.1. The van der Waals surface area contributed by atoms with Gasteiger partial charge in [-0.1, -0.05) is 0 Å². The molecule has 0 aromatic carbocycles. The van der Waals surface area contributed by atoms with Gasteiger partial charge in [0.05, 0.1) is 0 Å². The first kappa shape index (κ1) is 12.6. The normalized spacial score (nSPS) is 10.5. The van der Waals surface area contributed by atoms with Crippen LogP contribution in [0, 0.1) is 0 Å². The molecule has 0 bridgehead atoms. The van der Waals surface area contributed by atoms with Crippen LogP contribution in [0.1, 0.15) is 16.1 Å². The summed E-state index contributed by atoms with van der Waals surface area (Å²) in [6.07, 6.45) is -3.51. The van der Waals surface area contributed by atoms with Gasteiger partial charge in [0, 0.05) is 6.20 Å². The molecule has 1 heterocycles. The van der Waals surface area contributed by atoms with Crippen LogP contribution in [0.15, 0.2) is 12.5 Å². The summed E-state index contributed by atoms with van der Waals surface area (Å²) in [5, 5.41) is 8.35. The minimum atomic E-state index is -4.77. The minimum Gasteiger partial charge on any atom is -0.478 e. The van der Waals surface area contributed by atoms with Gasteiger partial charge in [-0.05, 0) is 0 Å². The number of aromatic nitrogens is 2. The van der Waals surface area contributed by atoms with Gasteiger partial charge in [0.25, 0.3) is 0 Å². The zero-order valence-electron chi connectivity index (χ0n) is 6.45. The predicted molar refractivity (Wildman–Crippen MR) is 41.2 cm³/mol. The Morgan fingerprint density at radius 3 is 2.36 bits per heavy atom. The highest BCUT2D eigenvalue weighted by Gasteiger charge is 2.37. The van der Waals surface area contributed by atoms with Crippen LogP contribution in [-0.4, -0.2) is 21.0 Å². The van der Waals surface area contributed by atoms with Gasteiger partial charge in [-0.3, -0.25) is 0 Å². The van der Waals surface area contributed by atoms with Crippen molar-refractivity contribution in [3.8, 4) is 0 Å². The van der Waals surface area contributed by atoms with Gasteiger partial charge in [0.2, 0.25) is 0 Å². The maximum atomic E-state index is 12.1. The van der Waals surface area contributed by atoms with Crippen molar-refractivity contribution in [2.24, 2.45) is 0 Å². The van der Waals surface area contributed by atoms with Crippen LogP contribution in [0.5, 0.6) is 0 Å². The quantitative estimate of drug-likeness (QED) is 0.793. The monoisotopic (exact) mass is 228 g/mol. The summed E-state index contributed by atoms with van der Waals surface area (Å²) >= 11 is 0. The zero-order valence-corrected chi connectivity index (χ0v) is 7.26. The highest BCUT2D eigenvalue weighted by atomic mass is 35.5. The number of rotatable bonds is 1. The van der Waals surface area contributed by atoms with Crippen molar-refractivity contribution in [1.82, 2.24) is 9.97 Å². The lowest BCUT2D eigenvalue weighted by Gasteiger charge is -2.06.